The zero-order valence-corrected chi connectivity index (χ0v) is 25.4. The predicted octanol–water partition coefficient (Wildman–Crippen LogP) is 5.45. The van der Waals surface area contributed by atoms with Crippen LogP contribution in [-0.4, -0.2) is 62.3 Å². The van der Waals surface area contributed by atoms with E-state index in [9.17, 15) is 14.0 Å². The molecule has 1 aliphatic carbocycles. The lowest BCUT2D eigenvalue weighted by Crippen LogP contribution is -2.44. The highest BCUT2D eigenvalue weighted by atomic mass is 19.1. The number of carbonyl (C=O) groups excluding carboxylic acids is 2. The number of rotatable bonds is 9. The molecule has 1 aliphatic heterocycles. The van der Waals surface area contributed by atoms with Gasteiger partial charge in [0, 0.05) is 25.0 Å². The number of benzene rings is 2. The van der Waals surface area contributed by atoms with E-state index in [4.69, 9.17) is 14.2 Å². The fourth-order valence-corrected chi connectivity index (χ4v) is 5.60. The molecule has 230 valence electrons. The van der Waals surface area contributed by atoms with Crippen molar-refractivity contribution >= 4 is 29.2 Å². The number of nitrogens with one attached hydrogen (secondary N) is 2. The molecule has 9 nitrogen and oxygen atoms in total. The Bertz CT molecular complexity index is 1570. The van der Waals surface area contributed by atoms with E-state index >= 15 is 0 Å². The molecule has 44 heavy (non-hydrogen) atoms. The van der Waals surface area contributed by atoms with Gasteiger partial charge in [-0.25, -0.2) is 9.18 Å². The third-order valence-electron chi connectivity index (χ3n) is 8.03. The van der Waals surface area contributed by atoms with Crippen LogP contribution in [0.2, 0.25) is 0 Å². The Labute approximate surface area is 256 Å². The van der Waals surface area contributed by atoms with E-state index in [0.717, 1.165) is 53.8 Å². The number of allylic oxidation sites excluding steroid dienone is 2. The number of ether oxygens (including phenoxy) is 3. The molecule has 5 rings (SSSR count). The molecule has 0 radical (unpaired) electrons. The van der Waals surface area contributed by atoms with Gasteiger partial charge in [0.2, 0.25) is 11.7 Å². The van der Waals surface area contributed by atoms with Gasteiger partial charge in [-0.05, 0) is 115 Å². The third kappa shape index (κ3) is 7.08. The summed E-state index contributed by atoms with van der Waals surface area (Å²) < 4.78 is 31.3. The largest absolute Gasteiger partial charge is 0.493 e. The molecule has 2 aliphatic rings. The Morgan fingerprint density at radius 2 is 1.80 bits per heavy atom. The Kier molecular flexibility index (Phi) is 9.59. The topological polar surface area (TPSA) is 102 Å². The van der Waals surface area contributed by atoms with Gasteiger partial charge in [-0.1, -0.05) is 12.1 Å². The van der Waals surface area contributed by atoms with Crippen LogP contribution in [0.25, 0.3) is 17.2 Å². The van der Waals surface area contributed by atoms with Crippen LogP contribution < -0.4 is 24.8 Å². The average molecular weight is 601 g/mol. The standard InChI is InChI=1S/C34H37FN4O5/c1-21-27(26-8-7-24(35)17-29(26)28(21)18-32(40)37-20-22-6-5-11-36-19-22)14-23-15-30(42-3)33(31(16-23)43-4)44-34(41)38-25-9-12-39(2)13-10-25/h5-8,11,14-17,19,25H,9-10,12-13,18,20H2,1-4H3,(H,37,40)(H,38,41)/b27-14-. The second-order valence-corrected chi connectivity index (χ2v) is 11.0. The van der Waals surface area contributed by atoms with Crippen molar-refractivity contribution in [3.8, 4) is 17.2 Å². The van der Waals surface area contributed by atoms with Gasteiger partial charge in [0.15, 0.2) is 11.5 Å². The minimum Gasteiger partial charge on any atom is -0.493 e. The van der Waals surface area contributed by atoms with E-state index in [2.05, 4.69) is 27.6 Å². The van der Waals surface area contributed by atoms with E-state index in [-0.39, 0.29) is 29.9 Å². The number of carbonyl (C=O) groups is 2. The summed E-state index contributed by atoms with van der Waals surface area (Å²) in [5.74, 6) is 0.263. The molecule has 0 atom stereocenters. The molecule has 1 fully saturated rings. The first-order chi connectivity index (χ1) is 21.2. The summed E-state index contributed by atoms with van der Waals surface area (Å²) in [5.41, 5.74) is 5.54. The Morgan fingerprint density at radius 1 is 1.07 bits per heavy atom. The van der Waals surface area contributed by atoms with Crippen molar-refractivity contribution in [1.82, 2.24) is 20.5 Å². The van der Waals surface area contributed by atoms with Crippen molar-refractivity contribution in [1.29, 1.82) is 0 Å². The summed E-state index contributed by atoms with van der Waals surface area (Å²) >= 11 is 0. The van der Waals surface area contributed by atoms with Crippen LogP contribution in [-0.2, 0) is 11.3 Å². The van der Waals surface area contributed by atoms with Crippen molar-refractivity contribution < 1.29 is 28.2 Å². The van der Waals surface area contributed by atoms with Crippen molar-refractivity contribution in [3.05, 3.63) is 88.5 Å². The number of fused-ring (bicyclic) bond motifs is 1. The molecule has 2 amide bonds. The molecule has 0 saturated carbocycles. The molecule has 2 heterocycles. The van der Waals surface area contributed by atoms with E-state index in [1.54, 1.807) is 30.6 Å². The van der Waals surface area contributed by atoms with Gasteiger partial charge < -0.3 is 29.7 Å². The summed E-state index contributed by atoms with van der Waals surface area (Å²) in [6.45, 7) is 4.08. The van der Waals surface area contributed by atoms with Crippen molar-refractivity contribution in [2.75, 3.05) is 34.4 Å². The maximum atomic E-state index is 14.4. The summed E-state index contributed by atoms with van der Waals surface area (Å²) in [5, 5.41) is 5.87. The van der Waals surface area contributed by atoms with Crippen molar-refractivity contribution in [2.45, 2.75) is 38.8 Å². The minimum atomic E-state index is -0.570. The number of likely N-dealkylation sites (tertiary alicyclic amines) is 1. The second-order valence-electron chi connectivity index (χ2n) is 11.0. The summed E-state index contributed by atoms with van der Waals surface area (Å²) in [6, 6.07) is 11.8. The Balaban J connectivity index is 1.40. The first-order valence-electron chi connectivity index (χ1n) is 14.6. The molecule has 0 bridgehead atoms. The van der Waals surface area contributed by atoms with Crippen LogP contribution in [0.4, 0.5) is 9.18 Å². The average Bonchev–Trinajstić information content (AvgIpc) is 3.27. The lowest BCUT2D eigenvalue weighted by atomic mass is 10.00. The van der Waals surface area contributed by atoms with E-state index in [0.29, 0.717) is 29.2 Å². The molecule has 2 N–H and O–H groups in total. The van der Waals surface area contributed by atoms with Gasteiger partial charge in [-0.2, -0.15) is 0 Å². The number of methoxy groups -OCH3 is 2. The zero-order valence-electron chi connectivity index (χ0n) is 25.4. The number of hydrogen-bond donors (Lipinski definition) is 2. The molecule has 1 aromatic heterocycles. The van der Waals surface area contributed by atoms with E-state index < -0.39 is 6.09 Å². The number of hydrogen-bond acceptors (Lipinski definition) is 7. The van der Waals surface area contributed by atoms with E-state index in [1.807, 2.05) is 25.1 Å². The second kappa shape index (κ2) is 13.7. The fraction of sp³-hybridized carbons (Fsp3) is 0.324. The van der Waals surface area contributed by atoms with Crippen LogP contribution in [0.5, 0.6) is 17.2 Å². The van der Waals surface area contributed by atoms with Gasteiger partial charge in [-0.15, -0.1) is 0 Å². The van der Waals surface area contributed by atoms with Gasteiger partial charge in [0.25, 0.3) is 0 Å². The van der Waals surface area contributed by atoms with Crippen LogP contribution in [0, 0.1) is 5.82 Å². The van der Waals surface area contributed by atoms with Crippen LogP contribution in [0.3, 0.4) is 0 Å². The Morgan fingerprint density at radius 3 is 2.45 bits per heavy atom. The highest BCUT2D eigenvalue weighted by Crippen LogP contribution is 2.45. The molecule has 1 saturated heterocycles. The molecule has 0 spiro atoms. The highest BCUT2D eigenvalue weighted by Gasteiger charge is 2.27. The zero-order chi connectivity index (χ0) is 31.2. The number of pyridine rings is 1. The molecule has 10 heteroatoms. The molecular formula is C34H37FN4O5. The van der Waals surface area contributed by atoms with Crippen LogP contribution in [0.15, 0.2) is 60.4 Å². The lowest BCUT2D eigenvalue weighted by molar-refractivity contribution is -0.120. The number of aromatic nitrogens is 1. The molecule has 2 aromatic carbocycles. The molecule has 0 unspecified atom stereocenters. The van der Waals surface area contributed by atoms with Gasteiger partial charge >= 0.3 is 6.09 Å². The number of nitrogens with zero attached hydrogens (tertiary/aromatic N) is 2. The number of piperidine rings is 1. The molecular weight excluding hydrogens is 563 g/mol. The normalized spacial score (nSPS) is 16.1. The smallest absolute Gasteiger partial charge is 0.413 e. The molecule has 3 aromatic rings. The Hall–Kier alpha value is -4.70. The predicted molar refractivity (Wildman–Crippen MR) is 167 cm³/mol. The third-order valence-corrected chi connectivity index (χ3v) is 8.03. The summed E-state index contributed by atoms with van der Waals surface area (Å²) in [6.07, 6.45) is 6.52. The summed E-state index contributed by atoms with van der Waals surface area (Å²) in [4.78, 5) is 32.0. The van der Waals surface area contributed by atoms with Crippen LogP contribution >= 0.6 is 0 Å². The number of halogens is 1. The lowest BCUT2D eigenvalue weighted by Gasteiger charge is -2.29. The first kappa shape index (κ1) is 30.7. The summed E-state index contributed by atoms with van der Waals surface area (Å²) in [7, 11) is 5.05. The maximum absolute atomic E-state index is 14.4. The van der Waals surface area contributed by atoms with Crippen molar-refractivity contribution in [2.24, 2.45) is 0 Å². The number of amides is 2. The van der Waals surface area contributed by atoms with Crippen molar-refractivity contribution in [3.63, 3.8) is 0 Å². The maximum Gasteiger partial charge on any atom is 0.413 e. The van der Waals surface area contributed by atoms with Gasteiger partial charge in [0.05, 0.1) is 20.6 Å². The fourth-order valence-electron chi connectivity index (χ4n) is 5.60. The van der Waals surface area contributed by atoms with Crippen LogP contribution in [0.1, 0.15) is 48.4 Å². The van der Waals surface area contributed by atoms with Gasteiger partial charge in [-0.3, -0.25) is 9.78 Å². The first-order valence-corrected chi connectivity index (χ1v) is 14.6. The highest BCUT2D eigenvalue weighted by molar-refractivity contribution is 6.08. The van der Waals surface area contributed by atoms with E-state index in [1.165, 1.54) is 26.4 Å². The quantitative estimate of drug-likeness (QED) is 0.337. The SMILES string of the molecule is COc1cc(/C=C2/C(C)=C(CC(=O)NCc3cccnc3)c3cc(F)ccc32)cc(OC)c1OC(=O)NC1CCN(C)CC1. The monoisotopic (exact) mass is 600 g/mol. The van der Waals surface area contributed by atoms with Gasteiger partial charge in [0.1, 0.15) is 5.82 Å². The minimum absolute atomic E-state index is 0.0355.